The number of carbonyl (C=O) groups excluding carboxylic acids is 2. The van der Waals surface area contributed by atoms with Crippen molar-refractivity contribution in [2.45, 2.75) is 19.9 Å². The van der Waals surface area contributed by atoms with Crippen LogP contribution in [0.2, 0.25) is 0 Å². The topological polar surface area (TPSA) is 49.4 Å². The Morgan fingerprint density at radius 3 is 2.50 bits per heavy atom. The molecule has 0 aliphatic carbocycles. The number of amides is 2. The van der Waals surface area contributed by atoms with Gasteiger partial charge in [-0.2, -0.15) is 0 Å². The number of hydrogen-bond donors (Lipinski definition) is 1. The molecule has 0 bridgehead atoms. The van der Waals surface area contributed by atoms with Gasteiger partial charge in [0, 0.05) is 12.1 Å². The molecule has 20 heavy (non-hydrogen) atoms. The van der Waals surface area contributed by atoms with Crippen molar-refractivity contribution in [2.24, 2.45) is 5.92 Å². The molecule has 4 nitrogen and oxygen atoms in total. The normalized spacial score (nSPS) is 19.5. The van der Waals surface area contributed by atoms with E-state index in [1.54, 1.807) is 13.8 Å². The minimum absolute atomic E-state index is 0.226. The number of nitrogens with one attached hydrogen (secondary N) is 1. The van der Waals surface area contributed by atoms with Gasteiger partial charge < -0.3 is 5.32 Å². The van der Waals surface area contributed by atoms with E-state index in [2.05, 4.69) is 5.32 Å². The molecule has 1 N–H and O–H groups in total. The van der Waals surface area contributed by atoms with Gasteiger partial charge in [-0.25, -0.2) is 13.2 Å². The van der Waals surface area contributed by atoms with Gasteiger partial charge in [0.2, 0.25) is 11.8 Å². The van der Waals surface area contributed by atoms with Crippen molar-refractivity contribution in [3.63, 3.8) is 0 Å². The third-order valence-electron chi connectivity index (χ3n) is 3.08. The van der Waals surface area contributed by atoms with E-state index < -0.39 is 47.5 Å². The first kappa shape index (κ1) is 14.4. The summed E-state index contributed by atoms with van der Waals surface area (Å²) < 4.78 is 40.1. The molecule has 1 aliphatic rings. The Kier molecular flexibility index (Phi) is 3.69. The highest BCUT2D eigenvalue weighted by atomic mass is 19.2. The van der Waals surface area contributed by atoms with Crippen LogP contribution >= 0.6 is 0 Å². The summed E-state index contributed by atoms with van der Waals surface area (Å²) in [6, 6.07) is 0.238. The molecular formula is C13H13F3N2O2. The fourth-order valence-electron chi connectivity index (χ4n) is 2.06. The van der Waals surface area contributed by atoms with Crippen LogP contribution in [0.15, 0.2) is 12.1 Å². The van der Waals surface area contributed by atoms with E-state index in [-0.39, 0.29) is 5.92 Å². The summed E-state index contributed by atoms with van der Waals surface area (Å²) in [5.41, 5.74) is -0.562. The summed E-state index contributed by atoms with van der Waals surface area (Å²) in [4.78, 5) is 24.5. The molecule has 1 fully saturated rings. The number of rotatable bonds is 2. The highest BCUT2D eigenvalue weighted by molar-refractivity contribution is 6.06. The lowest BCUT2D eigenvalue weighted by Crippen LogP contribution is -2.60. The Labute approximate surface area is 113 Å². The average molecular weight is 286 g/mol. The van der Waals surface area contributed by atoms with E-state index in [9.17, 15) is 22.8 Å². The summed E-state index contributed by atoms with van der Waals surface area (Å²) in [5.74, 6) is -5.10. The fraction of sp³-hybridized carbons (Fsp3) is 0.385. The maximum Gasteiger partial charge on any atom is 0.250 e. The first-order valence-corrected chi connectivity index (χ1v) is 6.06. The van der Waals surface area contributed by atoms with Gasteiger partial charge in [-0.15, -0.1) is 0 Å². The van der Waals surface area contributed by atoms with Crippen molar-refractivity contribution in [3.05, 3.63) is 29.6 Å². The zero-order valence-corrected chi connectivity index (χ0v) is 10.9. The van der Waals surface area contributed by atoms with Gasteiger partial charge in [-0.3, -0.25) is 14.5 Å². The molecule has 1 atom stereocenters. The summed E-state index contributed by atoms with van der Waals surface area (Å²) in [6.07, 6.45) is 0. The Morgan fingerprint density at radius 1 is 1.25 bits per heavy atom. The predicted octanol–water partition coefficient (Wildman–Crippen LogP) is 1.59. The van der Waals surface area contributed by atoms with Crippen LogP contribution in [0.3, 0.4) is 0 Å². The molecule has 0 aromatic heterocycles. The largest absolute Gasteiger partial charge is 0.342 e. The summed E-state index contributed by atoms with van der Waals surface area (Å²) in [7, 11) is 0. The molecule has 7 heteroatoms. The van der Waals surface area contributed by atoms with Crippen molar-refractivity contribution in [1.29, 1.82) is 0 Å². The maximum atomic E-state index is 13.7. The standard InChI is InChI=1S/C13H13F3N2O2/c1-6(2)12-13(20)18(5-10(19)17-12)9-4-7(14)3-8(15)11(9)16/h3-4,6,12H,5H2,1-2H3,(H,17,19). The lowest BCUT2D eigenvalue weighted by atomic mass is 10.00. The second-order valence-electron chi connectivity index (χ2n) is 4.93. The van der Waals surface area contributed by atoms with Crippen LogP contribution in [0, 0.1) is 23.4 Å². The minimum Gasteiger partial charge on any atom is -0.342 e. The van der Waals surface area contributed by atoms with Crippen molar-refractivity contribution in [1.82, 2.24) is 5.32 Å². The first-order chi connectivity index (χ1) is 9.31. The Morgan fingerprint density at radius 2 is 1.90 bits per heavy atom. The van der Waals surface area contributed by atoms with Crippen molar-refractivity contribution < 1.29 is 22.8 Å². The monoisotopic (exact) mass is 286 g/mol. The number of benzene rings is 1. The molecule has 0 spiro atoms. The highest BCUT2D eigenvalue weighted by Gasteiger charge is 2.37. The van der Waals surface area contributed by atoms with Crippen LogP contribution in [0.1, 0.15) is 13.8 Å². The van der Waals surface area contributed by atoms with Crippen LogP contribution < -0.4 is 10.2 Å². The Bertz CT molecular complexity index is 575. The van der Waals surface area contributed by atoms with Gasteiger partial charge in [-0.1, -0.05) is 13.8 Å². The van der Waals surface area contributed by atoms with Gasteiger partial charge in [0.05, 0.1) is 5.69 Å². The number of piperazine rings is 1. The molecule has 1 aromatic rings. The zero-order chi connectivity index (χ0) is 15.0. The molecule has 1 aromatic carbocycles. The Balaban J connectivity index is 2.46. The first-order valence-electron chi connectivity index (χ1n) is 6.06. The molecule has 1 aliphatic heterocycles. The quantitative estimate of drug-likeness (QED) is 0.839. The number of nitrogens with zero attached hydrogens (tertiary/aromatic N) is 1. The van der Waals surface area contributed by atoms with Crippen molar-refractivity contribution >= 4 is 17.5 Å². The number of carbonyl (C=O) groups is 2. The lowest BCUT2D eigenvalue weighted by Gasteiger charge is -2.34. The molecule has 0 radical (unpaired) electrons. The number of hydrogen-bond acceptors (Lipinski definition) is 2. The average Bonchev–Trinajstić information content (AvgIpc) is 2.36. The molecule has 2 amide bonds. The van der Waals surface area contributed by atoms with Gasteiger partial charge >= 0.3 is 0 Å². The van der Waals surface area contributed by atoms with E-state index in [0.717, 1.165) is 4.90 Å². The van der Waals surface area contributed by atoms with Gasteiger partial charge in [0.15, 0.2) is 11.6 Å². The van der Waals surface area contributed by atoms with Crippen LogP contribution in [0.4, 0.5) is 18.9 Å². The third kappa shape index (κ3) is 2.48. The predicted molar refractivity (Wildman–Crippen MR) is 65.4 cm³/mol. The molecule has 2 rings (SSSR count). The van der Waals surface area contributed by atoms with Crippen LogP contribution in [0.25, 0.3) is 0 Å². The van der Waals surface area contributed by atoms with Gasteiger partial charge in [0.1, 0.15) is 18.4 Å². The maximum absolute atomic E-state index is 13.7. The molecule has 108 valence electrons. The molecular weight excluding hydrogens is 273 g/mol. The highest BCUT2D eigenvalue weighted by Crippen LogP contribution is 2.26. The van der Waals surface area contributed by atoms with E-state index in [1.165, 1.54) is 0 Å². The summed E-state index contributed by atoms with van der Waals surface area (Å²) in [6.45, 7) is 2.94. The molecule has 1 heterocycles. The number of anilines is 1. The van der Waals surface area contributed by atoms with Crippen LogP contribution in [-0.4, -0.2) is 24.4 Å². The van der Waals surface area contributed by atoms with Gasteiger partial charge in [-0.05, 0) is 5.92 Å². The second kappa shape index (κ2) is 5.15. The zero-order valence-electron chi connectivity index (χ0n) is 10.9. The fourth-order valence-corrected chi connectivity index (χ4v) is 2.06. The second-order valence-corrected chi connectivity index (χ2v) is 4.93. The Hall–Kier alpha value is -2.05. The molecule has 0 saturated carbocycles. The SMILES string of the molecule is CC(C)C1NC(=O)CN(c2cc(F)cc(F)c2F)C1=O. The van der Waals surface area contributed by atoms with E-state index in [1.807, 2.05) is 0 Å². The van der Waals surface area contributed by atoms with E-state index in [4.69, 9.17) is 0 Å². The lowest BCUT2D eigenvalue weighted by molar-refractivity contribution is -0.132. The molecule has 1 unspecified atom stereocenters. The van der Waals surface area contributed by atoms with Crippen molar-refractivity contribution in [2.75, 3.05) is 11.4 Å². The number of halogens is 3. The summed E-state index contributed by atoms with van der Waals surface area (Å²) in [5, 5.41) is 2.47. The summed E-state index contributed by atoms with van der Waals surface area (Å²) >= 11 is 0. The van der Waals surface area contributed by atoms with Crippen LogP contribution in [0.5, 0.6) is 0 Å². The van der Waals surface area contributed by atoms with Gasteiger partial charge in [0.25, 0.3) is 0 Å². The minimum atomic E-state index is -1.40. The van der Waals surface area contributed by atoms with Crippen LogP contribution in [-0.2, 0) is 9.59 Å². The third-order valence-corrected chi connectivity index (χ3v) is 3.08. The van der Waals surface area contributed by atoms with Crippen molar-refractivity contribution in [3.8, 4) is 0 Å². The molecule has 1 saturated heterocycles. The van der Waals surface area contributed by atoms with E-state index in [0.29, 0.717) is 12.1 Å². The smallest absolute Gasteiger partial charge is 0.250 e. The van der Waals surface area contributed by atoms with E-state index >= 15 is 0 Å².